The summed E-state index contributed by atoms with van der Waals surface area (Å²) in [5, 5.41) is 10.8. The lowest BCUT2D eigenvalue weighted by atomic mass is 10.1. The highest BCUT2D eigenvalue weighted by atomic mass is 15.1. The van der Waals surface area contributed by atoms with Crippen molar-refractivity contribution in [2.75, 3.05) is 6.54 Å². The van der Waals surface area contributed by atoms with Crippen molar-refractivity contribution in [3.63, 3.8) is 0 Å². The molecule has 0 spiro atoms. The van der Waals surface area contributed by atoms with Crippen molar-refractivity contribution in [2.45, 2.75) is 52.0 Å². The van der Waals surface area contributed by atoms with Crippen molar-refractivity contribution < 1.29 is 0 Å². The SMILES string of the molecule is CCCCCCCCNCc1cn[nH]c1-c1ccccc1. The van der Waals surface area contributed by atoms with Crippen LogP contribution in [-0.2, 0) is 6.54 Å². The molecule has 0 aliphatic carbocycles. The third kappa shape index (κ3) is 5.35. The number of aromatic nitrogens is 2. The second kappa shape index (κ2) is 9.35. The standard InChI is InChI=1S/C18H27N3/c1-2-3-4-5-6-10-13-19-14-17-15-20-21-18(17)16-11-8-7-9-12-16/h7-9,11-12,15,19H,2-6,10,13-14H2,1H3,(H,20,21). The van der Waals surface area contributed by atoms with Gasteiger partial charge in [0.25, 0.3) is 0 Å². The van der Waals surface area contributed by atoms with E-state index >= 15 is 0 Å². The Morgan fingerprint density at radius 1 is 1.00 bits per heavy atom. The molecule has 0 radical (unpaired) electrons. The molecule has 1 aromatic carbocycles. The largest absolute Gasteiger partial charge is 0.313 e. The van der Waals surface area contributed by atoms with E-state index in [2.05, 4.69) is 46.7 Å². The number of rotatable bonds is 10. The van der Waals surface area contributed by atoms with Crippen LogP contribution >= 0.6 is 0 Å². The van der Waals surface area contributed by atoms with Crippen molar-refractivity contribution in [1.29, 1.82) is 0 Å². The minimum absolute atomic E-state index is 0.885. The molecular formula is C18H27N3. The Labute approximate surface area is 128 Å². The number of nitrogens with zero attached hydrogens (tertiary/aromatic N) is 1. The molecule has 2 N–H and O–H groups in total. The topological polar surface area (TPSA) is 40.7 Å². The van der Waals surface area contributed by atoms with Crippen LogP contribution in [0.15, 0.2) is 36.5 Å². The third-order valence-corrected chi connectivity index (χ3v) is 3.80. The van der Waals surface area contributed by atoms with Gasteiger partial charge in [0.15, 0.2) is 0 Å². The zero-order valence-electron chi connectivity index (χ0n) is 13.1. The maximum absolute atomic E-state index is 4.18. The molecular weight excluding hydrogens is 258 g/mol. The second-order valence-corrected chi connectivity index (χ2v) is 5.58. The fraction of sp³-hybridized carbons (Fsp3) is 0.500. The fourth-order valence-electron chi connectivity index (χ4n) is 2.55. The van der Waals surface area contributed by atoms with Gasteiger partial charge in [-0.25, -0.2) is 0 Å². The Morgan fingerprint density at radius 2 is 1.76 bits per heavy atom. The monoisotopic (exact) mass is 285 g/mol. The van der Waals surface area contributed by atoms with Crippen molar-refractivity contribution in [3.8, 4) is 11.3 Å². The molecule has 0 aliphatic rings. The molecule has 0 amide bonds. The van der Waals surface area contributed by atoms with Crippen LogP contribution in [0.4, 0.5) is 0 Å². The summed E-state index contributed by atoms with van der Waals surface area (Å²) in [6, 6.07) is 10.4. The summed E-state index contributed by atoms with van der Waals surface area (Å²) >= 11 is 0. The molecule has 0 fully saturated rings. The molecule has 1 heterocycles. The summed E-state index contributed by atoms with van der Waals surface area (Å²) in [7, 11) is 0. The molecule has 0 bridgehead atoms. The zero-order valence-corrected chi connectivity index (χ0v) is 13.1. The Kier molecular flexibility index (Phi) is 7.02. The van der Waals surface area contributed by atoms with Gasteiger partial charge in [0.1, 0.15) is 0 Å². The lowest BCUT2D eigenvalue weighted by Crippen LogP contribution is -2.14. The van der Waals surface area contributed by atoms with Gasteiger partial charge in [0.05, 0.1) is 11.9 Å². The van der Waals surface area contributed by atoms with Crippen molar-refractivity contribution in [2.24, 2.45) is 0 Å². The van der Waals surface area contributed by atoms with Crippen LogP contribution in [0.2, 0.25) is 0 Å². The van der Waals surface area contributed by atoms with Crippen molar-refractivity contribution >= 4 is 0 Å². The van der Waals surface area contributed by atoms with E-state index in [0.717, 1.165) is 18.8 Å². The van der Waals surface area contributed by atoms with Gasteiger partial charge in [-0.1, -0.05) is 69.4 Å². The molecule has 114 valence electrons. The number of hydrogen-bond donors (Lipinski definition) is 2. The number of H-pyrrole nitrogens is 1. The predicted molar refractivity (Wildman–Crippen MR) is 89.1 cm³/mol. The Balaban J connectivity index is 1.69. The molecule has 3 heteroatoms. The lowest BCUT2D eigenvalue weighted by Gasteiger charge is -2.06. The number of hydrogen-bond acceptors (Lipinski definition) is 2. The molecule has 2 aromatic rings. The first kappa shape index (κ1) is 15.8. The van der Waals surface area contributed by atoms with Gasteiger partial charge >= 0.3 is 0 Å². The Morgan fingerprint density at radius 3 is 2.57 bits per heavy atom. The average molecular weight is 285 g/mol. The molecule has 0 atom stereocenters. The normalized spacial score (nSPS) is 10.9. The van der Waals surface area contributed by atoms with E-state index in [1.54, 1.807) is 0 Å². The van der Waals surface area contributed by atoms with E-state index in [-0.39, 0.29) is 0 Å². The van der Waals surface area contributed by atoms with Crippen LogP contribution in [-0.4, -0.2) is 16.7 Å². The molecule has 21 heavy (non-hydrogen) atoms. The summed E-state index contributed by atoms with van der Waals surface area (Å²) in [5.41, 5.74) is 3.57. The summed E-state index contributed by atoms with van der Waals surface area (Å²) < 4.78 is 0. The zero-order chi connectivity index (χ0) is 14.8. The van der Waals surface area contributed by atoms with Gasteiger partial charge in [0.2, 0.25) is 0 Å². The van der Waals surface area contributed by atoms with Gasteiger partial charge in [0, 0.05) is 12.1 Å². The Bertz CT molecular complexity index is 490. The lowest BCUT2D eigenvalue weighted by molar-refractivity contribution is 0.572. The minimum atomic E-state index is 0.885. The molecule has 0 unspecified atom stereocenters. The quantitative estimate of drug-likeness (QED) is 0.630. The maximum atomic E-state index is 4.18. The highest BCUT2D eigenvalue weighted by molar-refractivity contribution is 5.62. The van der Waals surface area contributed by atoms with Gasteiger partial charge < -0.3 is 5.32 Å². The van der Waals surface area contributed by atoms with Crippen LogP contribution in [0.3, 0.4) is 0 Å². The maximum Gasteiger partial charge on any atom is 0.0695 e. The van der Waals surface area contributed by atoms with Crippen LogP contribution in [0.25, 0.3) is 11.3 Å². The molecule has 0 saturated heterocycles. The van der Waals surface area contributed by atoms with E-state index in [1.807, 2.05) is 12.3 Å². The molecule has 3 nitrogen and oxygen atoms in total. The first-order chi connectivity index (χ1) is 10.4. The van der Waals surface area contributed by atoms with Crippen molar-refractivity contribution in [1.82, 2.24) is 15.5 Å². The third-order valence-electron chi connectivity index (χ3n) is 3.80. The fourth-order valence-corrected chi connectivity index (χ4v) is 2.55. The smallest absolute Gasteiger partial charge is 0.0695 e. The molecule has 1 aromatic heterocycles. The summed E-state index contributed by atoms with van der Waals surface area (Å²) in [4.78, 5) is 0. The summed E-state index contributed by atoms with van der Waals surface area (Å²) in [5.74, 6) is 0. The number of nitrogens with one attached hydrogen (secondary N) is 2. The van der Waals surface area contributed by atoms with Crippen molar-refractivity contribution in [3.05, 3.63) is 42.1 Å². The first-order valence-corrected chi connectivity index (χ1v) is 8.20. The highest BCUT2D eigenvalue weighted by Crippen LogP contribution is 2.20. The molecule has 2 rings (SSSR count). The predicted octanol–water partition coefficient (Wildman–Crippen LogP) is 4.53. The van der Waals surface area contributed by atoms with Crippen LogP contribution in [0, 0.1) is 0 Å². The van der Waals surface area contributed by atoms with E-state index < -0.39 is 0 Å². The van der Waals surface area contributed by atoms with Gasteiger partial charge in [-0.15, -0.1) is 0 Å². The summed E-state index contributed by atoms with van der Waals surface area (Å²) in [6.07, 6.45) is 9.99. The second-order valence-electron chi connectivity index (χ2n) is 5.58. The van der Waals surface area contributed by atoms with Crippen LogP contribution in [0.5, 0.6) is 0 Å². The Hall–Kier alpha value is -1.61. The first-order valence-electron chi connectivity index (χ1n) is 8.20. The molecule has 0 aliphatic heterocycles. The summed E-state index contributed by atoms with van der Waals surface area (Å²) in [6.45, 7) is 4.23. The number of unbranched alkanes of at least 4 members (excludes halogenated alkanes) is 5. The van der Waals surface area contributed by atoms with Crippen LogP contribution < -0.4 is 5.32 Å². The van der Waals surface area contributed by atoms with E-state index in [1.165, 1.54) is 49.7 Å². The minimum Gasteiger partial charge on any atom is -0.313 e. The molecule has 0 saturated carbocycles. The van der Waals surface area contributed by atoms with Gasteiger partial charge in [-0.3, -0.25) is 5.10 Å². The van der Waals surface area contributed by atoms with Gasteiger partial charge in [-0.05, 0) is 18.5 Å². The van der Waals surface area contributed by atoms with E-state index in [9.17, 15) is 0 Å². The van der Waals surface area contributed by atoms with E-state index in [0.29, 0.717) is 0 Å². The van der Waals surface area contributed by atoms with E-state index in [4.69, 9.17) is 0 Å². The average Bonchev–Trinajstić information content (AvgIpc) is 2.99. The number of benzene rings is 1. The van der Waals surface area contributed by atoms with Crippen LogP contribution in [0.1, 0.15) is 51.0 Å². The highest BCUT2D eigenvalue weighted by Gasteiger charge is 2.06. The number of aromatic amines is 1. The van der Waals surface area contributed by atoms with Gasteiger partial charge in [-0.2, -0.15) is 5.10 Å².